The van der Waals surface area contributed by atoms with Crippen molar-refractivity contribution in [3.05, 3.63) is 59.7 Å². The molecule has 0 fully saturated rings. The van der Waals surface area contributed by atoms with E-state index in [1.54, 1.807) is 24.3 Å². The molecular formula is C18H23NO3. The maximum atomic E-state index is 9.63. The van der Waals surface area contributed by atoms with Crippen molar-refractivity contribution in [3.8, 4) is 11.5 Å². The van der Waals surface area contributed by atoms with Crippen molar-refractivity contribution in [1.82, 2.24) is 4.90 Å². The predicted molar refractivity (Wildman–Crippen MR) is 87.0 cm³/mol. The summed E-state index contributed by atoms with van der Waals surface area (Å²) in [5.74, 6) is 0.518. The lowest BCUT2D eigenvalue weighted by Gasteiger charge is -2.27. The highest BCUT2D eigenvalue weighted by atomic mass is 16.3. The minimum absolute atomic E-state index is 0.0421. The van der Waals surface area contributed by atoms with Crippen LogP contribution in [-0.2, 0) is 6.42 Å². The van der Waals surface area contributed by atoms with E-state index in [0.717, 1.165) is 24.9 Å². The highest BCUT2D eigenvalue weighted by Gasteiger charge is 2.15. The lowest BCUT2D eigenvalue weighted by atomic mass is 10.0. The summed E-state index contributed by atoms with van der Waals surface area (Å²) in [6.45, 7) is 0.896. The van der Waals surface area contributed by atoms with Crippen molar-refractivity contribution in [2.24, 2.45) is 0 Å². The topological polar surface area (TPSA) is 63.9 Å². The zero-order chi connectivity index (χ0) is 15.9. The Hall–Kier alpha value is -2.04. The van der Waals surface area contributed by atoms with Gasteiger partial charge in [-0.25, -0.2) is 0 Å². The minimum atomic E-state index is -0.0691. The van der Waals surface area contributed by atoms with Crippen LogP contribution in [-0.4, -0.2) is 40.4 Å². The van der Waals surface area contributed by atoms with Gasteiger partial charge in [0.2, 0.25) is 0 Å². The van der Waals surface area contributed by atoms with Gasteiger partial charge in [0.05, 0.1) is 12.6 Å². The van der Waals surface area contributed by atoms with Gasteiger partial charge in [-0.15, -0.1) is 0 Å². The molecule has 0 bridgehead atoms. The van der Waals surface area contributed by atoms with E-state index in [1.165, 1.54) is 5.56 Å². The second-order valence-electron chi connectivity index (χ2n) is 5.54. The molecule has 0 radical (unpaired) electrons. The van der Waals surface area contributed by atoms with Crippen molar-refractivity contribution in [2.45, 2.75) is 18.9 Å². The van der Waals surface area contributed by atoms with Crippen LogP contribution in [0.1, 0.15) is 23.6 Å². The van der Waals surface area contributed by atoms with E-state index in [-0.39, 0.29) is 24.1 Å². The molecule has 1 atom stereocenters. The molecule has 0 aromatic heterocycles. The van der Waals surface area contributed by atoms with Gasteiger partial charge in [0.15, 0.2) is 0 Å². The number of hydrogen-bond donors (Lipinski definition) is 3. The average molecular weight is 301 g/mol. The number of benzene rings is 2. The average Bonchev–Trinajstić information content (AvgIpc) is 2.52. The predicted octanol–water partition coefficient (Wildman–Crippen LogP) is 2.70. The normalized spacial score (nSPS) is 12.5. The number of aliphatic hydroxyl groups excluding tert-OH is 1. The maximum Gasteiger partial charge on any atom is 0.115 e. The monoisotopic (exact) mass is 301 g/mol. The number of hydrogen-bond acceptors (Lipinski definition) is 4. The molecule has 0 heterocycles. The third kappa shape index (κ3) is 4.48. The van der Waals surface area contributed by atoms with Gasteiger partial charge in [-0.2, -0.15) is 0 Å². The third-order valence-corrected chi connectivity index (χ3v) is 3.90. The van der Waals surface area contributed by atoms with Gasteiger partial charge in [0.25, 0.3) is 0 Å². The van der Waals surface area contributed by atoms with Gasteiger partial charge < -0.3 is 15.3 Å². The van der Waals surface area contributed by atoms with Crippen LogP contribution in [0.15, 0.2) is 48.5 Å². The van der Waals surface area contributed by atoms with Gasteiger partial charge in [-0.1, -0.05) is 24.3 Å². The van der Waals surface area contributed by atoms with Gasteiger partial charge in [0, 0.05) is 0 Å². The molecular weight excluding hydrogens is 278 g/mol. The first kappa shape index (κ1) is 16.3. The van der Waals surface area contributed by atoms with Crippen LogP contribution in [0.2, 0.25) is 0 Å². The Labute approximate surface area is 131 Å². The molecule has 2 aromatic carbocycles. The Balaban J connectivity index is 1.88. The van der Waals surface area contributed by atoms with Gasteiger partial charge in [0.1, 0.15) is 11.5 Å². The van der Waals surface area contributed by atoms with Crippen molar-refractivity contribution in [2.75, 3.05) is 20.2 Å². The molecule has 0 spiro atoms. The van der Waals surface area contributed by atoms with Crippen molar-refractivity contribution in [1.29, 1.82) is 0 Å². The van der Waals surface area contributed by atoms with Crippen LogP contribution in [0.3, 0.4) is 0 Å². The van der Waals surface area contributed by atoms with Crippen LogP contribution in [0.4, 0.5) is 0 Å². The van der Waals surface area contributed by atoms with E-state index >= 15 is 0 Å². The van der Waals surface area contributed by atoms with Crippen LogP contribution in [0, 0.1) is 0 Å². The van der Waals surface area contributed by atoms with Crippen molar-refractivity contribution >= 4 is 0 Å². The van der Waals surface area contributed by atoms with E-state index < -0.39 is 0 Å². The van der Waals surface area contributed by atoms with Gasteiger partial charge in [-0.05, 0) is 61.8 Å². The molecule has 0 aliphatic rings. The zero-order valence-electron chi connectivity index (χ0n) is 12.8. The molecule has 0 aliphatic carbocycles. The number of aliphatic hydroxyl groups is 1. The fourth-order valence-corrected chi connectivity index (χ4v) is 2.55. The highest BCUT2D eigenvalue weighted by Crippen LogP contribution is 2.21. The van der Waals surface area contributed by atoms with E-state index in [1.807, 2.05) is 31.3 Å². The maximum absolute atomic E-state index is 9.63. The largest absolute Gasteiger partial charge is 0.508 e. The summed E-state index contributed by atoms with van der Waals surface area (Å²) in [6, 6.07) is 14.2. The summed E-state index contributed by atoms with van der Waals surface area (Å²) in [5, 5.41) is 28.2. The lowest BCUT2D eigenvalue weighted by Crippen LogP contribution is -2.28. The Morgan fingerprint density at radius 2 is 1.45 bits per heavy atom. The standard InChI is InChI=1S/C18H23NO3/c1-19(12-2-3-14-4-8-16(21)9-5-14)18(13-20)15-6-10-17(22)11-7-15/h4-11,18,20-22H,2-3,12-13H2,1H3. The SMILES string of the molecule is CN(CCCc1ccc(O)cc1)C(CO)c1ccc(O)cc1. The first-order valence-electron chi connectivity index (χ1n) is 7.48. The number of phenols is 2. The lowest BCUT2D eigenvalue weighted by molar-refractivity contribution is 0.147. The number of phenolic OH excluding ortho intramolecular Hbond substituents is 2. The number of aryl methyl sites for hydroxylation is 1. The van der Waals surface area contributed by atoms with Gasteiger partial charge in [-0.3, -0.25) is 4.90 Å². The van der Waals surface area contributed by atoms with Gasteiger partial charge >= 0.3 is 0 Å². The summed E-state index contributed by atoms with van der Waals surface area (Å²) >= 11 is 0. The number of nitrogens with zero attached hydrogens (tertiary/aromatic N) is 1. The molecule has 0 saturated heterocycles. The number of rotatable bonds is 7. The first-order valence-corrected chi connectivity index (χ1v) is 7.48. The van der Waals surface area contributed by atoms with Crippen LogP contribution in [0.25, 0.3) is 0 Å². The Morgan fingerprint density at radius 1 is 0.909 bits per heavy atom. The molecule has 22 heavy (non-hydrogen) atoms. The van der Waals surface area contributed by atoms with E-state index in [2.05, 4.69) is 4.90 Å². The second-order valence-corrected chi connectivity index (χ2v) is 5.54. The molecule has 0 saturated carbocycles. The molecule has 0 aliphatic heterocycles. The van der Waals surface area contributed by atoms with Crippen LogP contribution >= 0.6 is 0 Å². The van der Waals surface area contributed by atoms with E-state index in [4.69, 9.17) is 0 Å². The third-order valence-electron chi connectivity index (χ3n) is 3.90. The zero-order valence-corrected chi connectivity index (χ0v) is 12.8. The summed E-state index contributed by atoms with van der Waals surface area (Å²) in [6.07, 6.45) is 1.90. The summed E-state index contributed by atoms with van der Waals surface area (Å²) in [5.41, 5.74) is 2.18. The fourth-order valence-electron chi connectivity index (χ4n) is 2.55. The summed E-state index contributed by atoms with van der Waals surface area (Å²) in [7, 11) is 1.99. The molecule has 2 rings (SSSR count). The Kier molecular flexibility index (Phi) is 5.81. The summed E-state index contributed by atoms with van der Waals surface area (Å²) in [4.78, 5) is 2.12. The van der Waals surface area contributed by atoms with Crippen molar-refractivity contribution in [3.63, 3.8) is 0 Å². The quantitative estimate of drug-likeness (QED) is 0.736. The molecule has 3 N–H and O–H groups in total. The highest BCUT2D eigenvalue weighted by molar-refractivity contribution is 5.28. The fraction of sp³-hybridized carbons (Fsp3) is 0.333. The molecule has 2 aromatic rings. The molecule has 4 heteroatoms. The minimum Gasteiger partial charge on any atom is -0.508 e. The number of likely N-dealkylation sites (N-methyl/N-ethyl adjacent to an activating group) is 1. The van der Waals surface area contributed by atoms with E-state index in [0.29, 0.717) is 0 Å². The molecule has 118 valence electrons. The Morgan fingerprint density at radius 3 is 2.00 bits per heavy atom. The number of aromatic hydroxyl groups is 2. The molecule has 0 amide bonds. The smallest absolute Gasteiger partial charge is 0.115 e. The Bertz CT molecular complexity index is 566. The first-order chi connectivity index (χ1) is 10.6. The molecule has 4 nitrogen and oxygen atoms in total. The second kappa shape index (κ2) is 7.82. The van der Waals surface area contributed by atoms with E-state index in [9.17, 15) is 15.3 Å². The summed E-state index contributed by atoms with van der Waals surface area (Å²) < 4.78 is 0. The van der Waals surface area contributed by atoms with Crippen LogP contribution in [0.5, 0.6) is 11.5 Å². The van der Waals surface area contributed by atoms with Crippen LogP contribution < -0.4 is 0 Å². The van der Waals surface area contributed by atoms with Crippen molar-refractivity contribution < 1.29 is 15.3 Å². The molecule has 1 unspecified atom stereocenters.